The Labute approximate surface area is 111 Å². The van der Waals surface area contributed by atoms with Gasteiger partial charge in [-0.25, -0.2) is 0 Å². The highest BCUT2D eigenvalue weighted by Gasteiger charge is 2.15. The molecule has 1 fully saturated rings. The zero-order valence-electron chi connectivity index (χ0n) is 10.8. The first-order valence-electron chi connectivity index (χ1n) is 6.16. The van der Waals surface area contributed by atoms with Gasteiger partial charge in [-0.05, 0) is 26.0 Å². The van der Waals surface area contributed by atoms with E-state index >= 15 is 0 Å². The van der Waals surface area contributed by atoms with Crippen LogP contribution in [0.15, 0.2) is 0 Å². The lowest BCUT2D eigenvalue weighted by molar-refractivity contribution is 0.222. The summed E-state index contributed by atoms with van der Waals surface area (Å²) in [5, 5.41) is 0. The van der Waals surface area contributed by atoms with E-state index in [-0.39, 0.29) is 12.1 Å². The van der Waals surface area contributed by atoms with E-state index in [9.17, 15) is 0 Å². The molecule has 0 aromatic carbocycles. The number of aromatic nitrogens is 3. The number of hydrogen-bond acceptors (Lipinski definition) is 7. The first kappa shape index (κ1) is 13.2. The molecule has 1 aromatic heterocycles. The minimum atomic E-state index is 0.0272. The molecule has 7 heteroatoms. The van der Waals surface area contributed by atoms with Gasteiger partial charge >= 0.3 is 6.01 Å². The maximum absolute atomic E-state index is 5.71. The summed E-state index contributed by atoms with van der Waals surface area (Å²) in [4.78, 5) is 14.7. The number of thioether (sulfide) groups is 1. The fourth-order valence-corrected chi connectivity index (χ4v) is 2.60. The van der Waals surface area contributed by atoms with Crippen LogP contribution in [0.2, 0.25) is 0 Å². The highest BCUT2D eigenvalue weighted by Crippen LogP contribution is 2.18. The predicted molar refractivity (Wildman–Crippen MR) is 74.2 cm³/mol. The van der Waals surface area contributed by atoms with Crippen molar-refractivity contribution in [2.75, 3.05) is 35.2 Å². The highest BCUT2D eigenvalue weighted by atomic mass is 32.2. The Balaban J connectivity index is 2.17. The third kappa shape index (κ3) is 3.63. The van der Waals surface area contributed by atoms with Crippen LogP contribution in [0.3, 0.4) is 0 Å². The third-order valence-corrected chi connectivity index (χ3v) is 3.52. The number of nitrogens with zero attached hydrogens (tertiary/aromatic N) is 4. The summed E-state index contributed by atoms with van der Waals surface area (Å²) < 4.78 is 5.48. The van der Waals surface area contributed by atoms with E-state index in [1.807, 2.05) is 25.6 Å². The average molecular weight is 269 g/mol. The van der Waals surface area contributed by atoms with Crippen LogP contribution >= 0.6 is 11.8 Å². The molecule has 0 amide bonds. The molecule has 0 aliphatic carbocycles. The van der Waals surface area contributed by atoms with E-state index in [0.717, 1.165) is 25.3 Å². The van der Waals surface area contributed by atoms with Gasteiger partial charge in [0.25, 0.3) is 0 Å². The Morgan fingerprint density at radius 2 is 2.06 bits per heavy atom. The monoisotopic (exact) mass is 269 g/mol. The molecule has 2 heterocycles. The molecule has 0 bridgehead atoms. The molecular formula is C11H19N5OS. The van der Waals surface area contributed by atoms with Gasteiger partial charge in [-0.1, -0.05) is 0 Å². The number of rotatable bonds is 3. The van der Waals surface area contributed by atoms with Crippen molar-refractivity contribution in [3.05, 3.63) is 0 Å². The van der Waals surface area contributed by atoms with Crippen molar-refractivity contribution in [3.8, 4) is 6.01 Å². The van der Waals surface area contributed by atoms with Gasteiger partial charge in [0.1, 0.15) is 0 Å². The van der Waals surface area contributed by atoms with Gasteiger partial charge in [0.2, 0.25) is 11.9 Å². The Morgan fingerprint density at radius 3 is 2.83 bits per heavy atom. The second-order valence-corrected chi connectivity index (χ2v) is 5.62. The summed E-state index contributed by atoms with van der Waals surface area (Å²) in [6, 6.07) is 0.310. The van der Waals surface area contributed by atoms with E-state index in [2.05, 4.69) is 19.9 Å². The lowest BCUT2D eigenvalue weighted by atomic mass is 10.4. The first-order chi connectivity index (χ1) is 8.65. The van der Waals surface area contributed by atoms with Crippen LogP contribution in [0.1, 0.15) is 20.3 Å². The lowest BCUT2D eigenvalue weighted by Crippen LogP contribution is -2.28. The lowest BCUT2D eigenvalue weighted by Gasteiger charge is -2.20. The molecule has 1 aliphatic heterocycles. The Hall–Kier alpha value is -1.24. The standard InChI is InChI=1S/C11H19N5OS/c1-8(2)17-11-14-9(12)13-10(15-11)16-4-3-6-18-7-5-16/h8H,3-7H2,1-2H3,(H2,12,13,14,15). The molecule has 1 aliphatic rings. The molecule has 2 N–H and O–H groups in total. The minimum absolute atomic E-state index is 0.0272. The smallest absolute Gasteiger partial charge is 0.323 e. The maximum Gasteiger partial charge on any atom is 0.323 e. The summed E-state index contributed by atoms with van der Waals surface area (Å²) >= 11 is 1.96. The van der Waals surface area contributed by atoms with Crippen molar-refractivity contribution >= 4 is 23.7 Å². The van der Waals surface area contributed by atoms with Crippen LogP contribution < -0.4 is 15.4 Å². The second-order valence-electron chi connectivity index (χ2n) is 4.40. The zero-order chi connectivity index (χ0) is 13.0. The normalized spacial score (nSPS) is 16.7. The number of ether oxygens (including phenoxy) is 1. The summed E-state index contributed by atoms with van der Waals surface area (Å²) in [5.41, 5.74) is 5.71. The van der Waals surface area contributed by atoms with E-state index in [1.165, 1.54) is 5.75 Å². The Kier molecular flexibility index (Phi) is 4.46. The molecule has 0 saturated carbocycles. The van der Waals surface area contributed by atoms with Crippen LogP contribution in [0.4, 0.5) is 11.9 Å². The van der Waals surface area contributed by atoms with Crippen molar-refractivity contribution in [1.29, 1.82) is 0 Å². The molecule has 18 heavy (non-hydrogen) atoms. The molecule has 1 saturated heterocycles. The summed E-state index contributed by atoms with van der Waals surface area (Å²) in [6.07, 6.45) is 1.16. The quantitative estimate of drug-likeness (QED) is 0.883. The van der Waals surface area contributed by atoms with E-state index < -0.39 is 0 Å². The zero-order valence-corrected chi connectivity index (χ0v) is 11.6. The molecular weight excluding hydrogens is 250 g/mol. The fourth-order valence-electron chi connectivity index (χ4n) is 1.71. The van der Waals surface area contributed by atoms with Gasteiger partial charge in [-0.2, -0.15) is 26.7 Å². The molecule has 2 rings (SSSR count). The van der Waals surface area contributed by atoms with Crippen LogP contribution in [0.25, 0.3) is 0 Å². The minimum Gasteiger partial charge on any atom is -0.461 e. The third-order valence-electron chi connectivity index (χ3n) is 2.47. The highest BCUT2D eigenvalue weighted by molar-refractivity contribution is 7.99. The van der Waals surface area contributed by atoms with Gasteiger partial charge < -0.3 is 15.4 Å². The van der Waals surface area contributed by atoms with Gasteiger partial charge in [0.15, 0.2) is 0 Å². The molecule has 100 valence electrons. The molecule has 6 nitrogen and oxygen atoms in total. The van der Waals surface area contributed by atoms with Crippen molar-refractivity contribution in [2.45, 2.75) is 26.4 Å². The van der Waals surface area contributed by atoms with E-state index in [4.69, 9.17) is 10.5 Å². The van der Waals surface area contributed by atoms with E-state index in [1.54, 1.807) is 0 Å². The molecule has 0 atom stereocenters. The van der Waals surface area contributed by atoms with Crippen LogP contribution in [-0.4, -0.2) is 45.7 Å². The Morgan fingerprint density at radius 1 is 1.22 bits per heavy atom. The number of hydrogen-bond donors (Lipinski definition) is 1. The Bertz CT molecular complexity index is 393. The molecule has 0 spiro atoms. The number of anilines is 2. The van der Waals surface area contributed by atoms with Gasteiger partial charge in [0, 0.05) is 18.8 Å². The largest absolute Gasteiger partial charge is 0.461 e. The van der Waals surface area contributed by atoms with Crippen LogP contribution in [-0.2, 0) is 0 Å². The first-order valence-corrected chi connectivity index (χ1v) is 7.31. The van der Waals surface area contributed by atoms with Crippen LogP contribution in [0, 0.1) is 0 Å². The van der Waals surface area contributed by atoms with Gasteiger partial charge in [0.05, 0.1) is 6.10 Å². The van der Waals surface area contributed by atoms with Gasteiger partial charge in [-0.3, -0.25) is 0 Å². The van der Waals surface area contributed by atoms with Gasteiger partial charge in [-0.15, -0.1) is 0 Å². The molecule has 1 aromatic rings. The summed E-state index contributed by atoms with van der Waals surface area (Å²) in [5.74, 6) is 3.12. The van der Waals surface area contributed by atoms with Crippen LogP contribution in [0.5, 0.6) is 6.01 Å². The van der Waals surface area contributed by atoms with Crippen molar-refractivity contribution in [2.24, 2.45) is 0 Å². The van der Waals surface area contributed by atoms with Crippen molar-refractivity contribution in [3.63, 3.8) is 0 Å². The fraction of sp³-hybridized carbons (Fsp3) is 0.727. The second kappa shape index (κ2) is 6.08. The van der Waals surface area contributed by atoms with Crippen molar-refractivity contribution < 1.29 is 4.74 Å². The molecule has 0 radical (unpaired) electrons. The number of nitrogen functional groups attached to an aromatic ring is 1. The summed E-state index contributed by atoms with van der Waals surface area (Å²) in [6.45, 7) is 5.76. The summed E-state index contributed by atoms with van der Waals surface area (Å²) in [7, 11) is 0. The topological polar surface area (TPSA) is 77.2 Å². The maximum atomic E-state index is 5.71. The number of nitrogens with two attached hydrogens (primary N) is 1. The average Bonchev–Trinajstić information content (AvgIpc) is 2.55. The molecule has 0 unspecified atom stereocenters. The predicted octanol–water partition coefficient (Wildman–Crippen LogP) is 1.18. The SMILES string of the molecule is CC(C)Oc1nc(N)nc(N2CCCSCC2)n1. The van der Waals surface area contributed by atoms with E-state index in [0.29, 0.717) is 12.0 Å². The van der Waals surface area contributed by atoms with Crippen molar-refractivity contribution in [1.82, 2.24) is 15.0 Å².